The largest absolute Gasteiger partial charge is 0.435 e. The Morgan fingerprint density at radius 2 is 1.84 bits per heavy atom. The van der Waals surface area contributed by atoms with Crippen LogP contribution in [0.3, 0.4) is 0 Å². The first-order valence-electron chi connectivity index (χ1n) is 15.8. The van der Waals surface area contributed by atoms with Gasteiger partial charge in [0.1, 0.15) is 11.7 Å². The van der Waals surface area contributed by atoms with Crippen LogP contribution in [0.5, 0.6) is 0 Å². The molecule has 1 saturated carbocycles. The molecule has 3 fully saturated rings. The molecule has 19 heteroatoms. The number of halogens is 7. The van der Waals surface area contributed by atoms with Crippen molar-refractivity contribution in [1.82, 2.24) is 34.9 Å². The molecule has 1 aliphatic carbocycles. The molecule has 2 aliphatic heterocycles. The van der Waals surface area contributed by atoms with E-state index in [4.69, 9.17) is 11.6 Å². The van der Waals surface area contributed by atoms with E-state index in [0.717, 1.165) is 17.0 Å². The van der Waals surface area contributed by atoms with Crippen molar-refractivity contribution in [3.8, 4) is 11.3 Å². The standard InChI is InChI=1S/C31H33ClF6N8O4/c1-44-21(18-15-46(23-11-30(23,34)35)43-25(18)31(36,37)38)13-40-26(44)27(49)41-16-2-3-17(19(32)10-16)28(50)45-8-6-29(33,7-9-45)5-4-24(48)42-20-12-39-14-22(20)47/h2-3,10,13,15,20,22-23,39,47H,4-9,11-12,14H2,1H3,(H,41,49)(H,42,48)/t20-,22-,23?/m0/s1. The van der Waals surface area contributed by atoms with Crippen LogP contribution in [0.2, 0.25) is 5.02 Å². The number of nitrogens with zero attached hydrogens (tertiary/aromatic N) is 5. The number of amides is 3. The molecule has 3 amide bonds. The third-order valence-corrected chi connectivity index (χ3v) is 9.63. The lowest BCUT2D eigenvalue weighted by Crippen LogP contribution is -2.46. The average Bonchev–Trinajstić information content (AvgIpc) is 3.43. The van der Waals surface area contributed by atoms with Gasteiger partial charge in [0, 0.05) is 58.0 Å². The third kappa shape index (κ3) is 7.32. The fraction of sp³-hybridized carbons (Fsp3) is 0.516. The highest BCUT2D eigenvalue weighted by Crippen LogP contribution is 2.53. The second kappa shape index (κ2) is 13.2. The molecule has 0 bridgehead atoms. The first-order valence-corrected chi connectivity index (χ1v) is 16.2. The number of nitrogens with one attached hydrogen (secondary N) is 3. The zero-order chi connectivity index (χ0) is 36.2. The van der Waals surface area contributed by atoms with E-state index in [1.165, 1.54) is 30.1 Å². The Bertz CT molecular complexity index is 1810. The number of hydrogen-bond acceptors (Lipinski definition) is 7. The zero-order valence-corrected chi connectivity index (χ0v) is 27.3. The molecule has 1 aromatic carbocycles. The Morgan fingerprint density at radius 3 is 2.44 bits per heavy atom. The maximum atomic E-state index is 15.5. The summed E-state index contributed by atoms with van der Waals surface area (Å²) in [5, 5.41) is 21.4. The number of β-amino-alcohol motifs (C(OH)–C–C–N with tert-alkyl or cyclic N) is 1. The summed E-state index contributed by atoms with van der Waals surface area (Å²) in [6, 6.07) is 2.14. The van der Waals surface area contributed by atoms with Gasteiger partial charge in [-0.15, -0.1) is 0 Å². The molecular weight excluding hydrogens is 698 g/mol. The Balaban J connectivity index is 1.06. The van der Waals surface area contributed by atoms with Crippen LogP contribution in [-0.4, -0.2) is 97.0 Å². The maximum absolute atomic E-state index is 15.5. The number of imidazole rings is 1. The molecule has 0 spiro atoms. The molecule has 0 radical (unpaired) electrons. The number of piperidine rings is 1. The quantitative estimate of drug-likeness (QED) is 0.244. The Kier molecular flexibility index (Phi) is 9.40. The molecule has 12 nitrogen and oxygen atoms in total. The second-order valence-electron chi connectivity index (χ2n) is 12.9. The molecule has 3 aromatic rings. The number of aliphatic hydroxyl groups is 1. The Hall–Kier alpha value is -4.16. The number of likely N-dealkylation sites (tertiary alicyclic amines) is 1. The summed E-state index contributed by atoms with van der Waals surface area (Å²) in [7, 11) is 1.29. The van der Waals surface area contributed by atoms with E-state index in [-0.39, 0.29) is 72.5 Å². The molecule has 3 aliphatic rings. The van der Waals surface area contributed by atoms with Crippen LogP contribution in [0.15, 0.2) is 30.6 Å². The highest BCUT2D eigenvalue weighted by Gasteiger charge is 2.59. The molecule has 2 saturated heterocycles. The summed E-state index contributed by atoms with van der Waals surface area (Å²) < 4.78 is 85.6. The van der Waals surface area contributed by atoms with Crippen molar-refractivity contribution in [3.63, 3.8) is 0 Å². The summed E-state index contributed by atoms with van der Waals surface area (Å²) in [6.45, 7) is 0.967. The van der Waals surface area contributed by atoms with Crippen LogP contribution < -0.4 is 16.0 Å². The smallest absolute Gasteiger partial charge is 0.390 e. The molecule has 1 unspecified atom stereocenters. The van der Waals surface area contributed by atoms with Crippen molar-refractivity contribution in [3.05, 3.63) is 52.7 Å². The third-order valence-electron chi connectivity index (χ3n) is 9.31. The number of aromatic nitrogens is 4. The van der Waals surface area contributed by atoms with Gasteiger partial charge in [-0.1, -0.05) is 11.6 Å². The van der Waals surface area contributed by atoms with Gasteiger partial charge in [0.05, 0.1) is 40.2 Å². The molecule has 50 heavy (non-hydrogen) atoms. The summed E-state index contributed by atoms with van der Waals surface area (Å²) in [5.41, 5.74) is -3.51. The SMILES string of the molecule is Cn1c(-c2cn(C3CC3(F)F)nc2C(F)(F)F)cnc1C(=O)Nc1ccc(C(=O)N2CCC(F)(CCC(=O)N[C@H]3CNC[C@@H]3O)CC2)c(Cl)c1. The van der Waals surface area contributed by atoms with E-state index in [1.54, 1.807) is 0 Å². The van der Waals surface area contributed by atoms with E-state index in [9.17, 15) is 41.4 Å². The van der Waals surface area contributed by atoms with Gasteiger partial charge in [0.25, 0.3) is 17.7 Å². The van der Waals surface area contributed by atoms with Crippen molar-refractivity contribution in [1.29, 1.82) is 0 Å². The van der Waals surface area contributed by atoms with Crippen LogP contribution in [0.25, 0.3) is 11.3 Å². The molecule has 6 rings (SSSR count). The predicted molar refractivity (Wildman–Crippen MR) is 166 cm³/mol. The molecular formula is C31H33ClF6N8O4. The van der Waals surface area contributed by atoms with E-state index in [0.29, 0.717) is 17.8 Å². The van der Waals surface area contributed by atoms with Gasteiger partial charge in [0.15, 0.2) is 11.5 Å². The number of carbonyl (C=O) groups is 3. The van der Waals surface area contributed by atoms with Crippen molar-refractivity contribution >= 4 is 35.0 Å². The van der Waals surface area contributed by atoms with Crippen molar-refractivity contribution in [2.45, 2.75) is 68.1 Å². The van der Waals surface area contributed by atoms with E-state index < -0.39 is 65.4 Å². The summed E-state index contributed by atoms with van der Waals surface area (Å²) >= 11 is 6.39. The topological polar surface area (TPSA) is 146 Å². The van der Waals surface area contributed by atoms with Gasteiger partial charge in [-0.3, -0.25) is 19.1 Å². The van der Waals surface area contributed by atoms with Crippen molar-refractivity contribution < 1.29 is 45.8 Å². The lowest BCUT2D eigenvalue weighted by molar-refractivity contribution is -0.141. The molecule has 4 heterocycles. The van der Waals surface area contributed by atoms with Gasteiger partial charge in [-0.25, -0.2) is 18.2 Å². The van der Waals surface area contributed by atoms with Gasteiger partial charge in [-0.05, 0) is 37.5 Å². The summed E-state index contributed by atoms with van der Waals surface area (Å²) in [6.07, 6.45) is -4.51. The van der Waals surface area contributed by atoms with Gasteiger partial charge in [0.2, 0.25) is 5.91 Å². The number of hydrogen-bond donors (Lipinski definition) is 4. The van der Waals surface area contributed by atoms with E-state index >= 15 is 4.39 Å². The second-order valence-corrected chi connectivity index (χ2v) is 13.3. The first-order chi connectivity index (χ1) is 23.5. The molecule has 3 atom stereocenters. The predicted octanol–water partition coefficient (Wildman–Crippen LogP) is 3.96. The number of rotatable bonds is 9. The monoisotopic (exact) mass is 730 g/mol. The van der Waals surface area contributed by atoms with Crippen molar-refractivity contribution in [2.24, 2.45) is 7.05 Å². The van der Waals surface area contributed by atoms with E-state index in [2.05, 4.69) is 26.0 Å². The van der Waals surface area contributed by atoms with Gasteiger partial charge in [-0.2, -0.15) is 18.3 Å². The molecule has 2 aromatic heterocycles. The number of aliphatic hydroxyl groups excluding tert-OH is 1. The summed E-state index contributed by atoms with van der Waals surface area (Å²) in [5.74, 6) is -5.12. The van der Waals surface area contributed by atoms with Crippen LogP contribution >= 0.6 is 11.6 Å². The minimum Gasteiger partial charge on any atom is -0.390 e. The Labute approximate surface area is 286 Å². The number of benzene rings is 1. The number of anilines is 1. The minimum absolute atomic E-state index is 0.00928. The maximum Gasteiger partial charge on any atom is 0.435 e. The van der Waals surface area contributed by atoms with Gasteiger partial charge >= 0.3 is 6.18 Å². The van der Waals surface area contributed by atoms with Crippen LogP contribution in [0.1, 0.15) is 64.8 Å². The minimum atomic E-state index is -4.97. The molecule has 270 valence electrons. The van der Waals surface area contributed by atoms with Crippen LogP contribution in [0, 0.1) is 0 Å². The normalized spacial score (nSPS) is 22.7. The lowest BCUT2D eigenvalue weighted by Gasteiger charge is -2.36. The summed E-state index contributed by atoms with van der Waals surface area (Å²) in [4.78, 5) is 44.0. The Morgan fingerprint density at radius 1 is 1.14 bits per heavy atom. The molecule has 4 N–H and O–H groups in total. The number of carbonyl (C=O) groups excluding carboxylic acids is 3. The van der Waals surface area contributed by atoms with Crippen LogP contribution in [-0.2, 0) is 18.0 Å². The van der Waals surface area contributed by atoms with Crippen molar-refractivity contribution in [2.75, 3.05) is 31.5 Å². The first kappa shape index (κ1) is 35.7. The highest BCUT2D eigenvalue weighted by molar-refractivity contribution is 6.34. The van der Waals surface area contributed by atoms with Crippen LogP contribution in [0.4, 0.5) is 32.0 Å². The van der Waals surface area contributed by atoms with E-state index in [1.807, 2.05) is 0 Å². The average molecular weight is 731 g/mol. The highest BCUT2D eigenvalue weighted by atomic mass is 35.5. The lowest BCUT2D eigenvalue weighted by atomic mass is 9.88. The zero-order valence-electron chi connectivity index (χ0n) is 26.5. The van der Waals surface area contributed by atoms with Gasteiger partial charge < -0.3 is 30.5 Å². The fourth-order valence-corrected chi connectivity index (χ4v) is 6.48. The fourth-order valence-electron chi connectivity index (χ4n) is 6.22. The number of alkyl halides is 6.